The van der Waals surface area contributed by atoms with Gasteiger partial charge < -0.3 is 13.9 Å². The van der Waals surface area contributed by atoms with E-state index < -0.39 is 0 Å². The second-order valence-electron chi connectivity index (χ2n) is 17.7. The molecule has 0 bridgehead atoms. The fourth-order valence-corrected chi connectivity index (χ4v) is 10.1. The van der Waals surface area contributed by atoms with Gasteiger partial charge in [-0.15, -0.1) is 0 Å². The third kappa shape index (κ3) is 7.34. The van der Waals surface area contributed by atoms with Crippen molar-refractivity contribution in [2.24, 2.45) is 0 Å². The molecule has 3 nitrogen and oxygen atoms in total. The van der Waals surface area contributed by atoms with Crippen molar-refractivity contribution in [1.29, 1.82) is 0 Å². The van der Waals surface area contributed by atoms with Crippen LogP contribution in [0.4, 0.5) is 17.1 Å². The van der Waals surface area contributed by atoms with Crippen LogP contribution in [-0.4, -0.2) is 4.57 Å². The zero-order valence-electron chi connectivity index (χ0n) is 37.7. The third-order valence-electron chi connectivity index (χ3n) is 13.6. The second kappa shape index (κ2) is 16.9. The van der Waals surface area contributed by atoms with Crippen LogP contribution in [-0.2, 0) is 0 Å². The van der Waals surface area contributed by atoms with Crippen molar-refractivity contribution in [1.82, 2.24) is 4.57 Å². The molecule has 0 saturated heterocycles. The van der Waals surface area contributed by atoms with Crippen molar-refractivity contribution >= 4 is 60.8 Å². The van der Waals surface area contributed by atoms with E-state index >= 15 is 0 Å². The molecule has 2 aromatic heterocycles. The van der Waals surface area contributed by atoms with Crippen molar-refractivity contribution in [3.05, 3.63) is 267 Å². The average Bonchev–Trinajstić information content (AvgIpc) is 3.97. The van der Waals surface area contributed by atoms with Crippen LogP contribution in [0.3, 0.4) is 0 Å². The van der Waals surface area contributed by atoms with E-state index in [4.69, 9.17) is 4.42 Å². The predicted octanol–water partition coefficient (Wildman–Crippen LogP) is 18.5. The summed E-state index contributed by atoms with van der Waals surface area (Å²) in [7, 11) is 0. The van der Waals surface area contributed by atoms with Crippen molar-refractivity contribution in [2.45, 2.75) is 0 Å². The summed E-state index contributed by atoms with van der Waals surface area (Å²) in [5.74, 6) is 0. The van der Waals surface area contributed by atoms with Crippen LogP contribution in [0.25, 0.3) is 105 Å². The number of fused-ring (bicyclic) bond motifs is 6. The quantitative estimate of drug-likeness (QED) is 0.144. The van der Waals surface area contributed by atoms with E-state index in [0.717, 1.165) is 61.4 Å². The lowest BCUT2D eigenvalue weighted by Gasteiger charge is -2.26. The summed E-state index contributed by atoms with van der Waals surface area (Å²) in [6.45, 7) is 0. The molecule has 69 heavy (non-hydrogen) atoms. The van der Waals surface area contributed by atoms with E-state index in [2.05, 4.69) is 264 Å². The number of rotatable bonds is 9. The van der Waals surface area contributed by atoms with Crippen molar-refractivity contribution in [2.75, 3.05) is 4.90 Å². The third-order valence-corrected chi connectivity index (χ3v) is 13.6. The molecule has 0 N–H and O–H groups in total. The number of anilines is 3. The molecule has 0 saturated carbocycles. The summed E-state index contributed by atoms with van der Waals surface area (Å²) >= 11 is 0. The van der Waals surface area contributed by atoms with Gasteiger partial charge in [0.25, 0.3) is 0 Å². The molecule has 324 valence electrons. The zero-order valence-corrected chi connectivity index (χ0v) is 37.7. The van der Waals surface area contributed by atoms with E-state index in [-0.39, 0.29) is 0 Å². The lowest BCUT2D eigenvalue weighted by molar-refractivity contribution is 0.669. The molecule has 0 radical (unpaired) electrons. The van der Waals surface area contributed by atoms with Crippen LogP contribution >= 0.6 is 0 Å². The molecule has 0 atom stereocenters. The fourth-order valence-electron chi connectivity index (χ4n) is 10.1. The Hall–Kier alpha value is -9.18. The summed E-state index contributed by atoms with van der Waals surface area (Å²) in [4.78, 5) is 2.35. The summed E-state index contributed by atoms with van der Waals surface area (Å²) in [6.07, 6.45) is 0. The maximum atomic E-state index is 6.15. The molecular formula is C66H44N2O. The van der Waals surface area contributed by atoms with Crippen LogP contribution < -0.4 is 4.90 Å². The Bertz CT molecular complexity index is 3950. The van der Waals surface area contributed by atoms with Crippen LogP contribution in [0, 0.1) is 0 Å². The highest BCUT2D eigenvalue weighted by molar-refractivity contribution is 6.12. The summed E-state index contributed by atoms with van der Waals surface area (Å²) in [6, 6.07) is 96.2. The maximum Gasteiger partial charge on any atom is 0.135 e. The standard InChI is InChI=1S/C66H44N2O/c1-4-12-45(13-5-1)47-20-22-48(23-21-47)49-24-33-56(34-25-49)67(58-37-28-51(29-38-58)54-32-41-66-62(44-54)59-18-10-11-19-65(59)69-66)57-35-26-50(27-36-57)53-31-40-64-61(43-53)60-42-52(46-14-6-2-7-15-46)30-39-63(60)68(64)55-16-8-3-9-17-55/h1-44H. The highest BCUT2D eigenvalue weighted by Crippen LogP contribution is 2.41. The molecule has 13 aromatic rings. The highest BCUT2D eigenvalue weighted by Gasteiger charge is 2.18. The number of aromatic nitrogens is 1. The van der Waals surface area contributed by atoms with Gasteiger partial charge in [0, 0.05) is 44.3 Å². The topological polar surface area (TPSA) is 21.3 Å². The van der Waals surface area contributed by atoms with Gasteiger partial charge in [0.1, 0.15) is 11.2 Å². The smallest absolute Gasteiger partial charge is 0.135 e. The maximum absolute atomic E-state index is 6.15. The number of furan rings is 1. The zero-order chi connectivity index (χ0) is 45.7. The van der Waals surface area contributed by atoms with Crippen molar-refractivity contribution < 1.29 is 4.42 Å². The number of benzene rings is 11. The number of para-hydroxylation sites is 2. The Morgan fingerprint density at radius 1 is 0.246 bits per heavy atom. The van der Waals surface area contributed by atoms with E-state index in [1.807, 2.05) is 12.1 Å². The Morgan fingerprint density at radius 2 is 0.580 bits per heavy atom. The first-order valence-corrected chi connectivity index (χ1v) is 23.6. The van der Waals surface area contributed by atoms with Crippen molar-refractivity contribution in [3.63, 3.8) is 0 Å². The predicted molar refractivity (Wildman–Crippen MR) is 290 cm³/mol. The number of nitrogens with zero attached hydrogens (tertiary/aromatic N) is 2. The Kier molecular flexibility index (Phi) is 9.84. The normalized spacial score (nSPS) is 11.5. The molecule has 2 heterocycles. The minimum absolute atomic E-state index is 0.901. The number of hydrogen-bond acceptors (Lipinski definition) is 2. The summed E-state index contributed by atoms with van der Waals surface area (Å²) in [5, 5.41) is 4.72. The van der Waals surface area contributed by atoms with E-state index in [9.17, 15) is 0 Å². The van der Waals surface area contributed by atoms with Gasteiger partial charge in [0.15, 0.2) is 0 Å². The summed E-state index contributed by atoms with van der Waals surface area (Å²) < 4.78 is 8.54. The highest BCUT2D eigenvalue weighted by atomic mass is 16.3. The van der Waals surface area contributed by atoms with Gasteiger partial charge in [-0.2, -0.15) is 0 Å². The van der Waals surface area contributed by atoms with Gasteiger partial charge >= 0.3 is 0 Å². The number of hydrogen-bond donors (Lipinski definition) is 0. The van der Waals surface area contributed by atoms with Gasteiger partial charge in [-0.05, 0) is 147 Å². The van der Waals surface area contributed by atoms with Crippen LogP contribution in [0.1, 0.15) is 0 Å². The molecule has 11 aromatic carbocycles. The Balaban J connectivity index is 0.874. The Labute approximate surface area is 401 Å². The van der Waals surface area contributed by atoms with Crippen LogP contribution in [0.5, 0.6) is 0 Å². The van der Waals surface area contributed by atoms with Gasteiger partial charge in [-0.1, -0.05) is 176 Å². The molecule has 0 amide bonds. The molecular weight excluding hydrogens is 837 g/mol. The molecule has 13 rings (SSSR count). The SMILES string of the molecule is c1ccc(-c2ccc(-c3ccc(N(c4ccc(-c5ccc6oc7ccccc7c6c5)cc4)c4ccc(-c5ccc6c(c5)c5cc(-c7ccccc7)ccc5n6-c5ccccc5)cc4)cc3)cc2)cc1. The van der Waals surface area contributed by atoms with Gasteiger partial charge in [-0.25, -0.2) is 0 Å². The van der Waals surface area contributed by atoms with Gasteiger partial charge in [0.05, 0.1) is 11.0 Å². The minimum Gasteiger partial charge on any atom is -0.456 e. The summed E-state index contributed by atoms with van der Waals surface area (Å²) in [5.41, 5.74) is 20.4. The molecule has 0 unspecified atom stereocenters. The van der Waals surface area contributed by atoms with Gasteiger partial charge in [0.2, 0.25) is 0 Å². The first kappa shape index (κ1) is 40.1. The van der Waals surface area contributed by atoms with Gasteiger partial charge in [-0.3, -0.25) is 0 Å². The first-order valence-electron chi connectivity index (χ1n) is 23.6. The first-order chi connectivity index (χ1) is 34.2. The largest absolute Gasteiger partial charge is 0.456 e. The van der Waals surface area contributed by atoms with Crippen LogP contribution in [0.2, 0.25) is 0 Å². The lowest BCUT2D eigenvalue weighted by atomic mass is 9.99. The van der Waals surface area contributed by atoms with E-state index in [1.54, 1.807) is 0 Å². The lowest BCUT2D eigenvalue weighted by Crippen LogP contribution is -2.09. The monoisotopic (exact) mass is 880 g/mol. The molecule has 0 aliphatic heterocycles. The average molecular weight is 881 g/mol. The molecule has 0 fully saturated rings. The molecule has 0 aliphatic carbocycles. The van der Waals surface area contributed by atoms with Crippen molar-refractivity contribution in [3.8, 4) is 61.3 Å². The van der Waals surface area contributed by atoms with Crippen LogP contribution in [0.15, 0.2) is 271 Å². The second-order valence-corrected chi connectivity index (χ2v) is 17.7. The van der Waals surface area contributed by atoms with E-state index in [0.29, 0.717) is 0 Å². The molecule has 0 spiro atoms. The Morgan fingerprint density at radius 3 is 1.07 bits per heavy atom. The minimum atomic E-state index is 0.901. The van der Waals surface area contributed by atoms with E-state index in [1.165, 1.54) is 60.8 Å². The fraction of sp³-hybridized carbons (Fsp3) is 0. The molecule has 0 aliphatic rings. The molecule has 3 heteroatoms.